The Morgan fingerprint density at radius 3 is 2.50 bits per heavy atom. The molecule has 0 heterocycles. The zero-order chi connectivity index (χ0) is 21.7. The maximum absolute atomic E-state index is 11.2. The van der Waals surface area contributed by atoms with Gasteiger partial charge in [-0.1, -0.05) is 46.9 Å². The number of carboxylic acids is 1. The van der Waals surface area contributed by atoms with Crippen LogP contribution in [-0.4, -0.2) is 18.2 Å². The summed E-state index contributed by atoms with van der Waals surface area (Å²) in [7, 11) is 1.54. The van der Waals surface area contributed by atoms with Gasteiger partial charge in [0, 0.05) is 22.7 Å². The van der Waals surface area contributed by atoms with Crippen LogP contribution in [0.5, 0.6) is 11.5 Å². The molecule has 0 aromatic heterocycles. The Morgan fingerprint density at radius 2 is 1.80 bits per heavy atom. The molecular weight excluding hydrogens is 449 g/mol. The van der Waals surface area contributed by atoms with Crippen LogP contribution in [0, 0.1) is 0 Å². The first-order valence-electron chi connectivity index (χ1n) is 8.87. The highest BCUT2D eigenvalue weighted by Crippen LogP contribution is 2.35. The molecule has 0 aliphatic rings. The summed E-state index contributed by atoms with van der Waals surface area (Å²) >= 11 is 18.6. The van der Waals surface area contributed by atoms with Crippen LogP contribution in [-0.2, 0) is 13.2 Å². The summed E-state index contributed by atoms with van der Waals surface area (Å²) in [6.07, 6.45) is 0. The van der Waals surface area contributed by atoms with Crippen LogP contribution in [0.2, 0.25) is 15.1 Å². The van der Waals surface area contributed by atoms with E-state index in [4.69, 9.17) is 49.4 Å². The van der Waals surface area contributed by atoms with E-state index in [9.17, 15) is 4.79 Å². The van der Waals surface area contributed by atoms with Gasteiger partial charge in [0.2, 0.25) is 0 Å². The third kappa shape index (κ3) is 5.51. The molecule has 0 aliphatic carbocycles. The third-order valence-corrected chi connectivity index (χ3v) is 5.22. The van der Waals surface area contributed by atoms with E-state index < -0.39 is 5.97 Å². The number of carboxylic acid groups (broad SMARTS) is 1. The van der Waals surface area contributed by atoms with E-state index in [0.29, 0.717) is 45.4 Å². The van der Waals surface area contributed by atoms with E-state index in [1.807, 2.05) is 18.2 Å². The maximum Gasteiger partial charge on any atom is 0.335 e. The first-order valence-corrected chi connectivity index (χ1v) is 10.0. The number of aromatic carboxylic acids is 1. The molecule has 0 saturated carbocycles. The Morgan fingerprint density at radius 1 is 1.00 bits per heavy atom. The number of hydrogen-bond donors (Lipinski definition) is 2. The van der Waals surface area contributed by atoms with Gasteiger partial charge in [-0.15, -0.1) is 0 Å². The summed E-state index contributed by atoms with van der Waals surface area (Å²) in [6.45, 7) is 0.620. The highest BCUT2D eigenvalue weighted by atomic mass is 35.5. The summed E-state index contributed by atoms with van der Waals surface area (Å²) < 4.78 is 11.3. The van der Waals surface area contributed by atoms with Crippen molar-refractivity contribution in [2.45, 2.75) is 13.2 Å². The molecule has 0 amide bonds. The number of ether oxygens (including phenoxy) is 2. The number of rotatable bonds is 8. The van der Waals surface area contributed by atoms with E-state index in [2.05, 4.69) is 5.32 Å². The van der Waals surface area contributed by atoms with Gasteiger partial charge in [0.05, 0.1) is 23.4 Å². The van der Waals surface area contributed by atoms with Gasteiger partial charge in [0.25, 0.3) is 0 Å². The van der Waals surface area contributed by atoms with Gasteiger partial charge in [-0.2, -0.15) is 0 Å². The van der Waals surface area contributed by atoms with Crippen molar-refractivity contribution in [1.82, 2.24) is 0 Å². The zero-order valence-corrected chi connectivity index (χ0v) is 18.2. The molecule has 0 bridgehead atoms. The van der Waals surface area contributed by atoms with Gasteiger partial charge < -0.3 is 19.9 Å². The lowest BCUT2D eigenvalue weighted by molar-refractivity contribution is 0.0697. The predicted molar refractivity (Wildman–Crippen MR) is 120 cm³/mol. The SMILES string of the molecule is COc1cc(CNc2cc(C(=O)O)ccc2Cl)c(Cl)cc1OCc1cccc(Cl)c1. The minimum Gasteiger partial charge on any atom is -0.493 e. The molecule has 0 saturated heterocycles. The second kappa shape index (κ2) is 9.94. The lowest BCUT2D eigenvalue weighted by Crippen LogP contribution is -2.04. The number of anilines is 1. The second-order valence-corrected chi connectivity index (χ2v) is 7.62. The molecule has 156 valence electrons. The quantitative estimate of drug-likeness (QED) is 0.394. The topological polar surface area (TPSA) is 67.8 Å². The van der Waals surface area contributed by atoms with Crippen molar-refractivity contribution in [1.29, 1.82) is 0 Å². The molecule has 30 heavy (non-hydrogen) atoms. The van der Waals surface area contributed by atoms with Gasteiger partial charge in [-0.3, -0.25) is 0 Å². The fourth-order valence-electron chi connectivity index (χ4n) is 2.76. The van der Waals surface area contributed by atoms with E-state index >= 15 is 0 Å². The number of halogens is 3. The molecule has 0 spiro atoms. The zero-order valence-electron chi connectivity index (χ0n) is 15.9. The Labute approximate surface area is 189 Å². The molecule has 5 nitrogen and oxygen atoms in total. The normalized spacial score (nSPS) is 10.5. The summed E-state index contributed by atoms with van der Waals surface area (Å²) in [5, 5.41) is 13.8. The maximum atomic E-state index is 11.2. The monoisotopic (exact) mass is 465 g/mol. The van der Waals surface area contributed by atoms with Crippen LogP contribution in [0.1, 0.15) is 21.5 Å². The first kappa shape index (κ1) is 22.1. The Hall–Kier alpha value is -2.60. The summed E-state index contributed by atoms with van der Waals surface area (Å²) in [5.74, 6) is -0.0173. The average Bonchev–Trinajstić information content (AvgIpc) is 2.72. The molecule has 3 aromatic rings. The van der Waals surface area contributed by atoms with Gasteiger partial charge in [-0.25, -0.2) is 4.79 Å². The second-order valence-electron chi connectivity index (χ2n) is 6.37. The van der Waals surface area contributed by atoms with Crippen molar-refractivity contribution in [3.63, 3.8) is 0 Å². The number of carbonyl (C=O) groups is 1. The Balaban J connectivity index is 1.75. The van der Waals surface area contributed by atoms with Crippen molar-refractivity contribution in [3.8, 4) is 11.5 Å². The smallest absolute Gasteiger partial charge is 0.335 e. The number of hydrogen-bond acceptors (Lipinski definition) is 4. The molecule has 3 rings (SSSR count). The van der Waals surface area contributed by atoms with Gasteiger partial charge in [0.1, 0.15) is 6.61 Å². The third-order valence-electron chi connectivity index (χ3n) is 4.30. The molecule has 0 fully saturated rings. The van der Waals surface area contributed by atoms with Crippen LogP contribution in [0.3, 0.4) is 0 Å². The van der Waals surface area contributed by atoms with E-state index in [-0.39, 0.29) is 5.56 Å². The summed E-state index contributed by atoms with van der Waals surface area (Å²) in [5.41, 5.74) is 2.28. The van der Waals surface area contributed by atoms with Crippen molar-refractivity contribution in [2.75, 3.05) is 12.4 Å². The molecular formula is C22H18Cl3NO4. The average molecular weight is 467 g/mol. The summed E-state index contributed by atoms with van der Waals surface area (Å²) in [4.78, 5) is 11.2. The molecule has 0 unspecified atom stereocenters. The number of methoxy groups -OCH3 is 1. The molecule has 0 aliphatic heterocycles. The van der Waals surface area contributed by atoms with Gasteiger partial charge in [0.15, 0.2) is 11.5 Å². The molecule has 0 radical (unpaired) electrons. The lowest BCUT2D eigenvalue weighted by Gasteiger charge is -2.15. The minimum absolute atomic E-state index is 0.135. The summed E-state index contributed by atoms with van der Waals surface area (Å²) in [6, 6.07) is 15.3. The lowest BCUT2D eigenvalue weighted by atomic mass is 10.1. The van der Waals surface area contributed by atoms with E-state index in [1.54, 1.807) is 25.3 Å². The van der Waals surface area contributed by atoms with E-state index in [0.717, 1.165) is 11.1 Å². The van der Waals surface area contributed by atoms with E-state index in [1.165, 1.54) is 18.2 Å². The van der Waals surface area contributed by atoms with Crippen molar-refractivity contribution in [3.05, 3.63) is 86.4 Å². The standard InChI is InChI=1S/C22H18Cl3NO4/c1-29-20-9-15(11-26-19-8-14(22(27)28)5-6-17(19)24)18(25)10-21(20)30-12-13-3-2-4-16(23)7-13/h2-10,26H,11-12H2,1H3,(H,27,28). The van der Waals surface area contributed by atoms with Crippen LogP contribution in [0.25, 0.3) is 0 Å². The Kier molecular flexibility index (Phi) is 7.32. The Bertz CT molecular complexity index is 1070. The van der Waals surface area contributed by atoms with Crippen molar-refractivity contribution in [2.24, 2.45) is 0 Å². The van der Waals surface area contributed by atoms with Gasteiger partial charge in [-0.05, 0) is 47.5 Å². The van der Waals surface area contributed by atoms with Crippen LogP contribution in [0.15, 0.2) is 54.6 Å². The van der Waals surface area contributed by atoms with Crippen LogP contribution >= 0.6 is 34.8 Å². The van der Waals surface area contributed by atoms with Crippen LogP contribution < -0.4 is 14.8 Å². The largest absolute Gasteiger partial charge is 0.493 e. The molecule has 3 aromatic carbocycles. The fraction of sp³-hybridized carbons (Fsp3) is 0.136. The minimum atomic E-state index is -1.03. The van der Waals surface area contributed by atoms with Crippen molar-refractivity contribution >= 4 is 46.5 Å². The molecule has 0 atom stereocenters. The molecule has 2 N–H and O–H groups in total. The van der Waals surface area contributed by atoms with Gasteiger partial charge >= 0.3 is 5.97 Å². The van der Waals surface area contributed by atoms with Crippen LogP contribution in [0.4, 0.5) is 5.69 Å². The highest BCUT2D eigenvalue weighted by Gasteiger charge is 2.13. The van der Waals surface area contributed by atoms with Crippen molar-refractivity contribution < 1.29 is 19.4 Å². The fourth-order valence-corrected chi connectivity index (χ4v) is 3.37. The highest BCUT2D eigenvalue weighted by molar-refractivity contribution is 6.33. The number of benzene rings is 3. The molecule has 8 heteroatoms. The number of nitrogens with one attached hydrogen (secondary N) is 1. The first-order chi connectivity index (χ1) is 14.4. The predicted octanol–water partition coefficient (Wildman–Crippen LogP) is 6.54.